The molecule has 0 unspecified atom stereocenters. The summed E-state index contributed by atoms with van der Waals surface area (Å²) in [4.78, 5) is 22.9. The molecule has 39 heavy (non-hydrogen) atoms. The van der Waals surface area contributed by atoms with Crippen molar-refractivity contribution >= 4 is 22.7 Å². The Labute approximate surface area is 230 Å². The molecule has 4 aromatic carbocycles. The first-order valence-electron chi connectivity index (χ1n) is 13.2. The summed E-state index contributed by atoms with van der Waals surface area (Å²) in [6.07, 6.45) is 4.94. The number of carbonyl (C=O) groups is 2. The highest BCUT2D eigenvalue weighted by molar-refractivity contribution is 5.89. The Hall–Kier alpha value is -4.44. The summed E-state index contributed by atoms with van der Waals surface area (Å²) in [6.45, 7) is 9.19. The molecule has 4 heteroatoms. The molecule has 0 radical (unpaired) electrons. The van der Waals surface area contributed by atoms with Crippen molar-refractivity contribution in [2.75, 3.05) is 0 Å². The first kappa shape index (κ1) is 27.6. The Bertz CT molecular complexity index is 1460. The van der Waals surface area contributed by atoms with Gasteiger partial charge in [0, 0.05) is 11.6 Å². The van der Waals surface area contributed by atoms with Gasteiger partial charge in [-0.3, -0.25) is 0 Å². The Balaban J connectivity index is 1.36. The fourth-order valence-corrected chi connectivity index (χ4v) is 4.52. The predicted octanol–water partition coefficient (Wildman–Crippen LogP) is 7.26. The Kier molecular flexibility index (Phi) is 9.47. The van der Waals surface area contributed by atoms with Crippen molar-refractivity contribution in [3.8, 4) is 0 Å². The van der Waals surface area contributed by atoms with Gasteiger partial charge in [-0.05, 0) is 76.8 Å². The topological polar surface area (TPSA) is 52.6 Å². The van der Waals surface area contributed by atoms with E-state index in [1.165, 1.54) is 39.1 Å². The minimum atomic E-state index is -0.411. The molecule has 4 aromatic rings. The van der Waals surface area contributed by atoms with E-state index in [-0.39, 0.29) is 19.2 Å². The molecule has 0 amide bonds. The van der Waals surface area contributed by atoms with E-state index in [0.29, 0.717) is 5.57 Å². The second kappa shape index (κ2) is 13.4. The number of aryl methyl sites for hydroxylation is 4. The van der Waals surface area contributed by atoms with Crippen molar-refractivity contribution < 1.29 is 19.1 Å². The predicted molar refractivity (Wildman–Crippen MR) is 156 cm³/mol. The van der Waals surface area contributed by atoms with E-state index < -0.39 is 5.97 Å². The summed E-state index contributed by atoms with van der Waals surface area (Å²) in [5, 5.41) is 2.61. The zero-order chi connectivity index (χ0) is 27.6. The van der Waals surface area contributed by atoms with Gasteiger partial charge < -0.3 is 9.47 Å². The van der Waals surface area contributed by atoms with Crippen LogP contribution < -0.4 is 0 Å². The molecule has 0 saturated heterocycles. The van der Waals surface area contributed by atoms with Crippen LogP contribution in [0.5, 0.6) is 0 Å². The van der Waals surface area contributed by atoms with Gasteiger partial charge in [0.15, 0.2) is 0 Å². The Morgan fingerprint density at radius 3 is 1.51 bits per heavy atom. The van der Waals surface area contributed by atoms with E-state index >= 15 is 0 Å². The first-order chi connectivity index (χ1) is 18.9. The summed E-state index contributed by atoms with van der Waals surface area (Å²) in [5.41, 5.74) is 7.52. The number of hydrogen-bond donors (Lipinski definition) is 0. The lowest BCUT2D eigenvalue weighted by Crippen LogP contribution is -2.04. The second-order valence-corrected chi connectivity index (χ2v) is 9.73. The van der Waals surface area contributed by atoms with Gasteiger partial charge in [-0.25, -0.2) is 9.59 Å². The largest absolute Gasteiger partial charge is 0.458 e. The molecule has 0 N–H and O–H groups in total. The van der Waals surface area contributed by atoms with E-state index in [9.17, 15) is 9.59 Å². The molecule has 0 aliphatic heterocycles. The van der Waals surface area contributed by atoms with Crippen LogP contribution in [0.3, 0.4) is 0 Å². The Morgan fingerprint density at radius 1 is 0.641 bits per heavy atom. The van der Waals surface area contributed by atoms with Crippen LogP contribution in [0.1, 0.15) is 40.3 Å². The number of hydrogen-bond acceptors (Lipinski definition) is 4. The molecular formula is C35H34O4. The smallest absolute Gasteiger partial charge is 0.333 e. The molecule has 0 saturated carbocycles. The number of esters is 2. The van der Waals surface area contributed by atoms with Gasteiger partial charge in [0.05, 0.1) is 0 Å². The van der Waals surface area contributed by atoms with Crippen molar-refractivity contribution in [3.63, 3.8) is 0 Å². The standard InChI is InChI=1S/C35H34O4/c1-4-34(36)38-23-28-15-11-26(12-16-28)19-21-30-7-5-10-33-31(8-6-9-32(30)33)22-20-27-13-17-29(18-14-27)24-39-35(37)25(2)3/h4-18H,1-2,19-24H2,3H3. The highest BCUT2D eigenvalue weighted by Crippen LogP contribution is 2.25. The quantitative estimate of drug-likeness (QED) is 0.146. The molecule has 4 nitrogen and oxygen atoms in total. The van der Waals surface area contributed by atoms with Crippen LogP contribution in [0, 0.1) is 0 Å². The molecule has 198 valence electrons. The highest BCUT2D eigenvalue weighted by Gasteiger charge is 2.08. The van der Waals surface area contributed by atoms with Gasteiger partial charge in [-0.2, -0.15) is 0 Å². The van der Waals surface area contributed by atoms with Crippen LogP contribution in [0.25, 0.3) is 10.8 Å². The SMILES string of the molecule is C=CC(=O)OCc1ccc(CCc2cccc3c(CCc4ccc(COC(=O)C(=C)C)cc4)cccc23)cc1. The van der Waals surface area contributed by atoms with Crippen molar-refractivity contribution in [2.45, 2.75) is 45.8 Å². The van der Waals surface area contributed by atoms with Crippen molar-refractivity contribution in [2.24, 2.45) is 0 Å². The van der Waals surface area contributed by atoms with E-state index in [1.807, 2.05) is 24.3 Å². The van der Waals surface area contributed by atoms with Gasteiger partial charge in [0.25, 0.3) is 0 Å². The number of ether oxygens (including phenoxy) is 2. The van der Waals surface area contributed by atoms with E-state index in [1.54, 1.807) is 6.92 Å². The lowest BCUT2D eigenvalue weighted by atomic mass is 9.93. The summed E-state index contributed by atoms with van der Waals surface area (Å²) >= 11 is 0. The fourth-order valence-electron chi connectivity index (χ4n) is 4.52. The average molecular weight is 519 g/mol. The van der Waals surface area contributed by atoms with Crippen LogP contribution in [0.4, 0.5) is 0 Å². The minimum absolute atomic E-state index is 0.256. The third-order valence-electron chi connectivity index (χ3n) is 6.78. The number of fused-ring (bicyclic) bond motifs is 1. The third kappa shape index (κ3) is 7.78. The maximum atomic E-state index is 11.6. The highest BCUT2D eigenvalue weighted by atomic mass is 16.5. The maximum Gasteiger partial charge on any atom is 0.333 e. The summed E-state index contributed by atoms with van der Waals surface area (Å²) in [6, 6.07) is 29.6. The molecule has 0 fully saturated rings. The molecule has 4 rings (SSSR count). The van der Waals surface area contributed by atoms with Crippen LogP contribution in [-0.4, -0.2) is 11.9 Å². The van der Waals surface area contributed by atoms with Crippen LogP contribution in [0.2, 0.25) is 0 Å². The molecule has 0 atom stereocenters. The third-order valence-corrected chi connectivity index (χ3v) is 6.78. The summed E-state index contributed by atoms with van der Waals surface area (Å²) < 4.78 is 10.3. The lowest BCUT2D eigenvalue weighted by molar-refractivity contribution is -0.140. The molecule has 0 bridgehead atoms. The van der Waals surface area contributed by atoms with Gasteiger partial charge in [0.1, 0.15) is 13.2 Å². The van der Waals surface area contributed by atoms with Crippen LogP contribution >= 0.6 is 0 Å². The zero-order valence-corrected chi connectivity index (χ0v) is 22.5. The van der Waals surface area contributed by atoms with Crippen LogP contribution in [-0.2, 0) is 58.0 Å². The monoisotopic (exact) mass is 518 g/mol. The van der Waals surface area contributed by atoms with Crippen molar-refractivity contribution in [3.05, 3.63) is 143 Å². The van der Waals surface area contributed by atoms with Gasteiger partial charge in [-0.15, -0.1) is 0 Å². The molecule has 0 aliphatic rings. The molecule has 0 heterocycles. The molecule has 0 spiro atoms. The van der Waals surface area contributed by atoms with Crippen molar-refractivity contribution in [1.29, 1.82) is 0 Å². The maximum absolute atomic E-state index is 11.6. The normalized spacial score (nSPS) is 10.7. The van der Waals surface area contributed by atoms with E-state index in [2.05, 4.69) is 73.8 Å². The number of carbonyl (C=O) groups excluding carboxylic acids is 2. The zero-order valence-electron chi connectivity index (χ0n) is 22.5. The van der Waals surface area contributed by atoms with Crippen LogP contribution in [0.15, 0.2) is 110 Å². The number of benzene rings is 4. The fraction of sp³-hybridized carbons (Fsp3) is 0.200. The average Bonchev–Trinajstić information content (AvgIpc) is 2.97. The first-order valence-corrected chi connectivity index (χ1v) is 13.2. The van der Waals surface area contributed by atoms with Gasteiger partial charge in [0.2, 0.25) is 0 Å². The van der Waals surface area contributed by atoms with E-state index in [0.717, 1.165) is 36.8 Å². The molecule has 0 aromatic heterocycles. The van der Waals surface area contributed by atoms with Gasteiger partial charge >= 0.3 is 11.9 Å². The lowest BCUT2D eigenvalue weighted by Gasteiger charge is -2.12. The van der Waals surface area contributed by atoms with Gasteiger partial charge in [-0.1, -0.05) is 98.1 Å². The number of rotatable bonds is 12. The molecular weight excluding hydrogens is 484 g/mol. The molecule has 0 aliphatic carbocycles. The van der Waals surface area contributed by atoms with Crippen molar-refractivity contribution in [1.82, 2.24) is 0 Å². The van der Waals surface area contributed by atoms with E-state index in [4.69, 9.17) is 9.47 Å². The summed E-state index contributed by atoms with van der Waals surface area (Å²) in [7, 11) is 0. The second-order valence-electron chi connectivity index (χ2n) is 9.73. The Morgan fingerprint density at radius 2 is 1.08 bits per heavy atom. The minimum Gasteiger partial charge on any atom is -0.458 e. The summed E-state index contributed by atoms with van der Waals surface area (Å²) in [5.74, 6) is -0.776.